The highest BCUT2D eigenvalue weighted by atomic mass is 32.2. The molecular weight excluding hydrogens is 278 g/mol. The smallest absolute Gasteiger partial charge is 0.261 e. The van der Waals surface area contributed by atoms with Crippen LogP contribution in [-0.4, -0.2) is 27.4 Å². The monoisotopic (exact) mass is 293 g/mol. The average molecular weight is 293 g/mol. The molecule has 3 nitrogen and oxygen atoms in total. The van der Waals surface area contributed by atoms with Gasteiger partial charge in [0.25, 0.3) is 5.12 Å². The highest BCUT2D eigenvalue weighted by Crippen LogP contribution is 2.23. The van der Waals surface area contributed by atoms with Gasteiger partial charge < -0.3 is 9.32 Å². The first-order valence-corrected chi connectivity index (χ1v) is 7.37. The quantitative estimate of drug-likeness (QED) is 0.801. The van der Waals surface area contributed by atoms with Crippen LogP contribution in [0.5, 0.6) is 0 Å². The lowest BCUT2D eigenvalue weighted by Gasteiger charge is -2.19. The summed E-state index contributed by atoms with van der Waals surface area (Å²) in [4.78, 5) is 14.1. The first-order valence-electron chi connectivity index (χ1n) is 6.15. The fraction of sp³-hybridized carbons (Fsp3) is 0.286. The third-order valence-electron chi connectivity index (χ3n) is 2.83. The molecule has 0 radical (unpaired) electrons. The summed E-state index contributed by atoms with van der Waals surface area (Å²) in [6.07, 6.45) is 0. The number of nitrogens with zero attached hydrogens (tertiary/aromatic N) is 1. The van der Waals surface area contributed by atoms with Crippen molar-refractivity contribution in [1.29, 1.82) is 0 Å². The van der Waals surface area contributed by atoms with E-state index >= 15 is 0 Å². The summed E-state index contributed by atoms with van der Waals surface area (Å²) in [5.74, 6) is 0.348. The molecular formula is C14H15NO2S2. The fourth-order valence-corrected chi connectivity index (χ4v) is 2.99. The maximum absolute atomic E-state index is 12.1. The van der Waals surface area contributed by atoms with E-state index in [2.05, 4.69) is 0 Å². The Morgan fingerprint density at radius 1 is 1.32 bits per heavy atom. The number of hydrogen-bond acceptors (Lipinski definition) is 4. The normalized spacial score (nSPS) is 10.6. The molecule has 1 heterocycles. The van der Waals surface area contributed by atoms with Gasteiger partial charge in [-0.2, -0.15) is 0 Å². The number of carbonyl (C=O) groups excluding carboxylic acids is 1. The van der Waals surface area contributed by atoms with Crippen LogP contribution < -0.4 is 0 Å². The van der Waals surface area contributed by atoms with Gasteiger partial charge in [0.05, 0.1) is 0 Å². The van der Waals surface area contributed by atoms with Crippen molar-refractivity contribution in [3.8, 4) is 0 Å². The number of benzene rings is 1. The van der Waals surface area contributed by atoms with Crippen molar-refractivity contribution >= 4 is 44.4 Å². The average Bonchev–Trinajstić information content (AvgIpc) is 2.84. The van der Waals surface area contributed by atoms with Gasteiger partial charge in [0.2, 0.25) is 0 Å². The van der Waals surface area contributed by atoms with Crippen molar-refractivity contribution in [1.82, 2.24) is 4.90 Å². The number of carbonyl (C=O) groups is 1. The third-order valence-corrected chi connectivity index (χ3v) is 4.16. The molecule has 0 bridgehead atoms. The molecule has 0 N–H and O–H groups in total. The number of para-hydroxylation sites is 1. The van der Waals surface area contributed by atoms with E-state index in [0.717, 1.165) is 35.8 Å². The Hall–Kier alpha value is -1.33. The molecule has 0 saturated heterocycles. The summed E-state index contributed by atoms with van der Waals surface area (Å²) >= 11 is 6.31. The lowest BCUT2D eigenvalue weighted by molar-refractivity contribution is 0.106. The Morgan fingerprint density at radius 2 is 2.00 bits per heavy atom. The highest BCUT2D eigenvalue weighted by molar-refractivity contribution is 8.33. The molecule has 0 spiro atoms. The zero-order chi connectivity index (χ0) is 13.8. The van der Waals surface area contributed by atoms with Crippen LogP contribution >= 0.6 is 24.0 Å². The molecule has 0 aliphatic heterocycles. The van der Waals surface area contributed by atoms with Crippen LogP contribution in [0, 0.1) is 0 Å². The molecule has 1 aromatic carbocycles. The van der Waals surface area contributed by atoms with Crippen molar-refractivity contribution < 1.29 is 9.21 Å². The van der Waals surface area contributed by atoms with E-state index in [1.165, 1.54) is 0 Å². The minimum absolute atomic E-state index is 0.145. The van der Waals surface area contributed by atoms with Crippen LogP contribution in [0.15, 0.2) is 34.7 Å². The van der Waals surface area contributed by atoms with Gasteiger partial charge in [-0.15, -0.1) is 0 Å². The summed E-state index contributed by atoms with van der Waals surface area (Å²) in [6, 6.07) is 9.32. The fourth-order valence-electron chi connectivity index (χ4n) is 1.76. The predicted octanol–water partition coefficient (Wildman–Crippen LogP) is 3.93. The lowest BCUT2D eigenvalue weighted by Crippen LogP contribution is -2.27. The van der Waals surface area contributed by atoms with E-state index in [4.69, 9.17) is 16.6 Å². The van der Waals surface area contributed by atoms with Crippen molar-refractivity contribution in [2.45, 2.75) is 13.8 Å². The molecule has 2 rings (SSSR count). The van der Waals surface area contributed by atoms with E-state index in [1.54, 1.807) is 6.07 Å². The van der Waals surface area contributed by atoms with Crippen LogP contribution in [0.3, 0.4) is 0 Å². The summed E-state index contributed by atoms with van der Waals surface area (Å²) in [6.45, 7) is 5.63. The first kappa shape index (κ1) is 14.1. The Labute approximate surface area is 122 Å². The van der Waals surface area contributed by atoms with Crippen molar-refractivity contribution in [2.24, 2.45) is 0 Å². The molecule has 1 aromatic heterocycles. The van der Waals surface area contributed by atoms with Crippen LogP contribution in [-0.2, 0) is 0 Å². The van der Waals surface area contributed by atoms with Crippen LogP contribution in [0.25, 0.3) is 11.0 Å². The maximum atomic E-state index is 12.1. The van der Waals surface area contributed by atoms with Gasteiger partial charge in [-0.05, 0) is 37.7 Å². The van der Waals surface area contributed by atoms with E-state index in [0.29, 0.717) is 10.1 Å². The van der Waals surface area contributed by atoms with Crippen LogP contribution in [0.2, 0.25) is 0 Å². The molecule has 100 valence electrons. The van der Waals surface area contributed by atoms with Gasteiger partial charge in [-0.25, -0.2) is 0 Å². The molecule has 0 aliphatic rings. The van der Waals surface area contributed by atoms with E-state index < -0.39 is 0 Å². The molecule has 19 heavy (non-hydrogen) atoms. The van der Waals surface area contributed by atoms with Gasteiger partial charge in [0.1, 0.15) is 9.90 Å². The van der Waals surface area contributed by atoms with Gasteiger partial charge in [-0.1, -0.05) is 30.4 Å². The topological polar surface area (TPSA) is 33.5 Å². The summed E-state index contributed by atoms with van der Waals surface area (Å²) in [5.41, 5.74) is 0.722. The number of thiocarbonyl (C=S) groups is 1. The molecule has 0 unspecified atom stereocenters. The van der Waals surface area contributed by atoms with Crippen LogP contribution in [0.4, 0.5) is 0 Å². The highest BCUT2D eigenvalue weighted by Gasteiger charge is 2.17. The Morgan fingerprint density at radius 3 is 2.63 bits per heavy atom. The standard InChI is InChI=1S/C14H15NO2S2/c1-3-15(4-2)14(18)19-13(16)12-9-10-7-5-6-8-11(10)17-12/h5-9H,3-4H2,1-2H3. The van der Waals surface area contributed by atoms with E-state index in [1.807, 2.05) is 43.0 Å². The van der Waals surface area contributed by atoms with Crippen molar-refractivity contribution in [3.05, 3.63) is 36.1 Å². The SMILES string of the molecule is CCN(CC)C(=S)SC(=O)c1cc2ccccc2o1. The number of rotatable bonds is 3. The number of fused-ring (bicyclic) bond motifs is 1. The van der Waals surface area contributed by atoms with Gasteiger partial charge in [0, 0.05) is 18.5 Å². The van der Waals surface area contributed by atoms with Crippen LogP contribution in [0.1, 0.15) is 24.4 Å². The van der Waals surface area contributed by atoms with E-state index in [-0.39, 0.29) is 5.12 Å². The number of hydrogen-bond donors (Lipinski definition) is 0. The minimum atomic E-state index is -0.145. The molecule has 0 atom stereocenters. The summed E-state index contributed by atoms with van der Waals surface area (Å²) in [7, 11) is 0. The number of furan rings is 1. The van der Waals surface area contributed by atoms with Gasteiger partial charge in [-0.3, -0.25) is 4.79 Å². The zero-order valence-electron chi connectivity index (χ0n) is 10.9. The van der Waals surface area contributed by atoms with Crippen molar-refractivity contribution in [3.63, 3.8) is 0 Å². The predicted molar refractivity (Wildman–Crippen MR) is 83.7 cm³/mol. The molecule has 0 amide bonds. The van der Waals surface area contributed by atoms with Gasteiger partial charge in [0.15, 0.2) is 5.76 Å². The molecule has 0 fully saturated rings. The molecule has 0 aliphatic carbocycles. The Bertz CT molecular complexity index is 569. The summed E-state index contributed by atoms with van der Waals surface area (Å²) < 4.78 is 6.12. The number of thioether (sulfide) groups is 1. The minimum Gasteiger partial charge on any atom is -0.452 e. The third kappa shape index (κ3) is 3.16. The van der Waals surface area contributed by atoms with Crippen molar-refractivity contribution in [2.75, 3.05) is 13.1 Å². The molecule has 0 saturated carbocycles. The largest absolute Gasteiger partial charge is 0.452 e. The Balaban J connectivity index is 2.13. The Kier molecular flexibility index (Phi) is 4.61. The lowest BCUT2D eigenvalue weighted by atomic mass is 10.2. The van der Waals surface area contributed by atoms with Gasteiger partial charge >= 0.3 is 0 Å². The zero-order valence-corrected chi connectivity index (χ0v) is 12.5. The second-order valence-corrected chi connectivity index (χ2v) is 5.58. The second kappa shape index (κ2) is 6.21. The molecule has 2 aromatic rings. The molecule has 5 heteroatoms. The van der Waals surface area contributed by atoms with E-state index in [9.17, 15) is 4.79 Å². The first-order chi connectivity index (χ1) is 9.15. The maximum Gasteiger partial charge on any atom is 0.261 e. The summed E-state index contributed by atoms with van der Waals surface area (Å²) in [5, 5.41) is 0.785. The second-order valence-electron chi connectivity index (χ2n) is 3.98.